The van der Waals surface area contributed by atoms with E-state index >= 15 is 0 Å². The van der Waals surface area contributed by atoms with Gasteiger partial charge < -0.3 is 34.6 Å². The first-order valence-electron chi connectivity index (χ1n) is 9.76. The maximum Gasteiger partial charge on any atom is 0.186 e. The Morgan fingerprint density at radius 3 is 2.33 bits per heavy atom. The van der Waals surface area contributed by atoms with Gasteiger partial charge in [0.1, 0.15) is 30.2 Å². The molecule has 30 heavy (non-hydrogen) atoms. The Kier molecular flexibility index (Phi) is 7.70. The van der Waals surface area contributed by atoms with Crippen LogP contribution in [0.5, 0.6) is 5.75 Å². The third-order valence-electron chi connectivity index (χ3n) is 5.30. The van der Waals surface area contributed by atoms with Gasteiger partial charge in [-0.25, -0.2) is 0 Å². The van der Waals surface area contributed by atoms with E-state index in [4.69, 9.17) is 25.8 Å². The van der Waals surface area contributed by atoms with Crippen molar-refractivity contribution in [2.24, 2.45) is 0 Å². The van der Waals surface area contributed by atoms with E-state index < -0.39 is 36.6 Å². The molecule has 0 spiro atoms. The Labute approximate surface area is 180 Å². The van der Waals surface area contributed by atoms with E-state index in [1.807, 2.05) is 31.2 Å². The minimum absolute atomic E-state index is 0.187. The van der Waals surface area contributed by atoms with Crippen molar-refractivity contribution in [2.45, 2.75) is 43.5 Å². The summed E-state index contributed by atoms with van der Waals surface area (Å²) in [7, 11) is 1.34. The lowest BCUT2D eigenvalue weighted by atomic mass is 9.88. The van der Waals surface area contributed by atoms with Crippen LogP contribution in [0.2, 0.25) is 5.02 Å². The molecular formula is C22H27ClO7. The first-order valence-corrected chi connectivity index (χ1v) is 10.1. The molecule has 1 heterocycles. The average molecular weight is 439 g/mol. The van der Waals surface area contributed by atoms with Crippen LogP contribution in [0.25, 0.3) is 0 Å². The van der Waals surface area contributed by atoms with Crippen molar-refractivity contribution in [2.75, 3.05) is 20.3 Å². The van der Waals surface area contributed by atoms with E-state index in [1.165, 1.54) is 7.11 Å². The molecule has 0 saturated carbocycles. The highest BCUT2D eigenvalue weighted by atomic mass is 35.5. The number of aliphatic hydroxyl groups excluding tert-OH is 4. The number of methoxy groups -OCH3 is 1. The summed E-state index contributed by atoms with van der Waals surface area (Å²) in [4.78, 5) is 0. The van der Waals surface area contributed by atoms with Crippen molar-refractivity contribution < 1.29 is 34.6 Å². The van der Waals surface area contributed by atoms with Crippen LogP contribution in [0.3, 0.4) is 0 Å². The molecule has 164 valence electrons. The molecule has 1 unspecified atom stereocenters. The summed E-state index contributed by atoms with van der Waals surface area (Å²) in [6, 6.07) is 12.4. The van der Waals surface area contributed by atoms with Crippen molar-refractivity contribution in [1.29, 1.82) is 0 Å². The maximum atomic E-state index is 10.4. The number of halogens is 1. The lowest BCUT2D eigenvalue weighted by Gasteiger charge is -2.40. The Bertz CT molecular complexity index is 827. The molecule has 6 atom stereocenters. The molecule has 0 bridgehead atoms. The summed E-state index contributed by atoms with van der Waals surface area (Å²) in [6.45, 7) is 2.28. The molecular weight excluding hydrogens is 412 g/mol. The van der Waals surface area contributed by atoms with E-state index in [0.29, 0.717) is 22.8 Å². The van der Waals surface area contributed by atoms with Gasteiger partial charge in [0, 0.05) is 18.1 Å². The first-order chi connectivity index (χ1) is 14.4. The Morgan fingerprint density at radius 2 is 1.73 bits per heavy atom. The van der Waals surface area contributed by atoms with Crippen molar-refractivity contribution in [3.05, 3.63) is 64.2 Å². The topological polar surface area (TPSA) is 109 Å². The second-order valence-electron chi connectivity index (χ2n) is 7.15. The van der Waals surface area contributed by atoms with Crippen molar-refractivity contribution >= 4 is 11.6 Å². The summed E-state index contributed by atoms with van der Waals surface area (Å²) in [5, 5.41) is 41.1. The number of aliphatic hydroxyl groups is 4. The fourth-order valence-electron chi connectivity index (χ4n) is 3.67. The molecule has 1 saturated heterocycles. The van der Waals surface area contributed by atoms with Crippen LogP contribution in [-0.4, -0.2) is 65.4 Å². The molecule has 8 heteroatoms. The highest BCUT2D eigenvalue weighted by Gasteiger charge is 2.44. The Balaban J connectivity index is 1.93. The zero-order chi connectivity index (χ0) is 21.8. The van der Waals surface area contributed by atoms with Crippen LogP contribution in [-0.2, 0) is 9.47 Å². The molecule has 0 amide bonds. The maximum absolute atomic E-state index is 10.4. The monoisotopic (exact) mass is 438 g/mol. The number of hydrogen-bond acceptors (Lipinski definition) is 7. The molecule has 2 aromatic carbocycles. The van der Waals surface area contributed by atoms with Crippen molar-refractivity contribution in [1.82, 2.24) is 0 Å². The quantitative estimate of drug-likeness (QED) is 0.523. The normalized spacial score (nSPS) is 27.6. The summed E-state index contributed by atoms with van der Waals surface area (Å²) in [5.41, 5.74) is 2.03. The molecule has 7 nitrogen and oxygen atoms in total. The lowest BCUT2D eigenvalue weighted by molar-refractivity contribution is -0.292. The van der Waals surface area contributed by atoms with Gasteiger partial charge in [0.2, 0.25) is 0 Å². The van der Waals surface area contributed by atoms with Crippen LogP contribution in [0.15, 0.2) is 42.5 Å². The van der Waals surface area contributed by atoms with Gasteiger partial charge in [0.25, 0.3) is 0 Å². The third-order valence-corrected chi connectivity index (χ3v) is 5.65. The zero-order valence-corrected chi connectivity index (χ0v) is 17.6. The SMILES string of the molecule is CCOc1ccc(C(CO)c2cc([C@@H]3O[C@H](OC)[C@@H](O)[C@H](O)[C@H]3O)ccc2Cl)cc1. The van der Waals surface area contributed by atoms with Gasteiger partial charge in [-0.05, 0) is 41.8 Å². The van der Waals surface area contributed by atoms with Crippen LogP contribution in [0.4, 0.5) is 0 Å². The van der Waals surface area contributed by atoms with Gasteiger partial charge in [0.15, 0.2) is 6.29 Å². The molecule has 1 aliphatic heterocycles. The van der Waals surface area contributed by atoms with Gasteiger partial charge in [-0.15, -0.1) is 0 Å². The zero-order valence-electron chi connectivity index (χ0n) is 16.8. The van der Waals surface area contributed by atoms with Crippen LogP contribution in [0.1, 0.15) is 35.6 Å². The van der Waals surface area contributed by atoms with E-state index in [1.54, 1.807) is 18.2 Å². The van der Waals surface area contributed by atoms with E-state index in [2.05, 4.69) is 0 Å². The number of ether oxygens (including phenoxy) is 3. The predicted molar refractivity (Wildman–Crippen MR) is 111 cm³/mol. The smallest absolute Gasteiger partial charge is 0.186 e. The summed E-state index contributed by atoms with van der Waals surface area (Å²) in [5.74, 6) is 0.317. The number of hydrogen-bond donors (Lipinski definition) is 4. The molecule has 0 aromatic heterocycles. The summed E-state index contributed by atoms with van der Waals surface area (Å²) < 4.78 is 16.2. The average Bonchev–Trinajstić information content (AvgIpc) is 2.76. The van der Waals surface area contributed by atoms with E-state index in [-0.39, 0.29) is 6.61 Å². The largest absolute Gasteiger partial charge is 0.494 e. The lowest BCUT2D eigenvalue weighted by Crippen LogP contribution is -2.54. The molecule has 3 rings (SSSR count). The Morgan fingerprint density at radius 1 is 1.03 bits per heavy atom. The molecule has 4 N–H and O–H groups in total. The minimum Gasteiger partial charge on any atom is -0.494 e. The van der Waals surface area contributed by atoms with E-state index in [0.717, 1.165) is 11.3 Å². The minimum atomic E-state index is -1.44. The molecule has 0 radical (unpaired) electrons. The third kappa shape index (κ3) is 4.63. The first kappa shape index (κ1) is 23.0. The molecule has 1 aliphatic rings. The van der Waals surface area contributed by atoms with Crippen LogP contribution >= 0.6 is 11.6 Å². The van der Waals surface area contributed by atoms with Gasteiger partial charge in [-0.1, -0.05) is 35.9 Å². The summed E-state index contributed by atoms with van der Waals surface area (Å²) >= 11 is 6.43. The number of benzene rings is 2. The summed E-state index contributed by atoms with van der Waals surface area (Å²) in [6.07, 6.45) is -6.20. The molecule has 1 fully saturated rings. The highest BCUT2D eigenvalue weighted by molar-refractivity contribution is 6.31. The van der Waals surface area contributed by atoms with Crippen LogP contribution < -0.4 is 4.74 Å². The van der Waals surface area contributed by atoms with Gasteiger partial charge in [-0.2, -0.15) is 0 Å². The second kappa shape index (κ2) is 10.1. The van der Waals surface area contributed by atoms with E-state index in [9.17, 15) is 20.4 Å². The molecule has 0 aliphatic carbocycles. The van der Waals surface area contributed by atoms with Gasteiger partial charge >= 0.3 is 0 Å². The fraction of sp³-hybridized carbons (Fsp3) is 0.455. The fourth-order valence-corrected chi connectivity index (χ4v) is 3.92. The van der Waals surface area contributed by atoms with Gasteiger partial charge in [0.05, 0.1) is 13.2 Å². The van der Waals surface area contributed by atoms with Gasteiger partial charge in [-0.3, -0.25) is 0 Å². The van der Waals surface area contributed by atoms with Crippen molar-refractivity contribution in [3.8, 4) is 5.75 Å². The second-order valence-corrected chi connectivity index (χ2v) is 7.56. The number of rotatable bonds is 7. The standard InChI is InChI=1S/C22H27ClO7/c1-3-29-14-7-4-12(5-8-14)16(11-24)15-10-13(6-9-17(15)23)21-19(26)18(25)20(27)22(28-2)30-21/h4-10,16,18-22,24-27H,3,11H2,1-2H3/t16?,18-,19-,20+,21+,22+/m1/s1. The van der Waals surface area contributed by atoms with Crippen LogP contribution in [0, 0.1) is 0 Å². The highest BCUT2D eigenvalue weighted by Crippen LogP contribution is 2.37. The molecule has 2 aromatic rings. The van der Waals surface area contributed by atoms with Crippen molar-refractivity contribution in [3.63, 3.8) is 0 Å². The predicted octanol–water partition coefficient (Wildman–Crippen LogP) is 1.99. The Hall–Kier alpha value is -1.71.